The fourth-order valence-electron chi connectivity index (χ4n) is 4.92. The Morgan fingerprint density at radius 3 is 2.50 bits per heavy atom. The number of carbonyl (C=O) groups is 5. The van der Waals surface area contributed by atoms with E-state index in [-0.39, 0.29) is 46.6 Å². The van der Waals surface area contributed by atoms with Crippen molar-refractivity contribution in [2.24, 2.45) is 11.8 Å². The van der Waals surface area contributed by atoms with Gasteiger partial charge in [-0.1, -0.05) is 25.4 Å². The van der Waals surface area contributed by atoms with Crippen LogP contribution in [0.15, 0.2) is 18.2 Å². The van der Waals surface area contributed by atoms with Gasteiger partial charge >= 0.3 is 0 Å². The van der Waals surface area contributed by atoms with Crippen molar-refractivity contribution in [3.63, 3.8) is 0 Å². The van der Waals surface area contributed by atoms with Crippen molar-refractivity contribution in [2.75, 3.05) is 5.73 Å². The third-order valence-electron chi connectivity index (χ3n) is 6.59. The molecule has 0 spiro atoms. The minimum Gasteiger partial charge on any atom is -0.398 e. The van der Waals surface area contributed by atoms with E-state index in [9.17, 15) is 24.0 Å². The number of piperidine rings is 1. The number of hydrogen-bond donors (Lipinski definition) is 3. The Morgan fingerprint density at radius 2 is 1.91 bits per heavy atom. The number of nitrogens with two attached hydrogens (primary N) is 1. The maximum atomic E-state index is 13.7. The molecule has 0 unspecified atom stereocenters. The number of benzene rings is 1. The largest absolute Gasteiger partial charge is 0.398 e. The Balaban J connectivity index is 1.80. The molecule has 2 fully saturated rings. The molecule has 1 heterocycles. The monoisotopic (exact) mass is 490 g/mol. The molecule has 1 aromatic carbocycles. The van der Waals surface area contributed by atoms with Crippen molar-refractivity contribution in [1.29, 1.82) is 0 Å². The van der Waals surface area contributed by atoms with E-state index in [0.29, 0.717) is 18.4 Å². The number of ketones is 1. The van der Waals surface area contributed by atoms with Crippen molar-refractivity contribution in [3.05, 3.63) is 28.8 Å². The molecule has 9 nitrogen and oxygen atoms in total. The molecular weight excluding hydrogens is 460 g/mol. The van der Waals surface area contributed by atoms with Gasteiger partial charge < -0.3 is 26.1 Å². The van der Waals surface area contributed by atoms with Crippen molar-refractivity contribution >= 4 is 47.1 Å². The number of rotatable bonds is 9. The van der Waals surface area contributed by atoms with Crippen molar-refractivity contribution in [3.8, 4) is 0 Å². The summed E-state index contributed by atoms with van der Waals surface area (Å²) in [5.41, 5.74) is 6.33. The van der Waals surface area contributed by atoms with Gasteiger partial charge in [-0.25, -0.2) is 0 Å². The number of amides is 3. The van der Waals surface area contributed by atoms with Crippen LogP contribution in [-0.4, -0.2) is 58.9 Å². The molecule has 4 N–H and O–H groups in total. The van der Waals surface area contributed by atoms with Crippen LogP contribution in [-0.2, 0) is 19.2 Å². The molecule has 1 aliphatic heterocycles. The SMILES string of the molecule is CC(=O)C[C@@H](C=O)NC(=O)[C@@H]1[C@H]2CC[C@@H](C2)N1C(=O)[C@@H](NC(=O)c1ccc(N)c(Cl)c1)C(C)C. The van der Waals surface area contributed by atoms with Gasteiger partial charge in [0.05, 0.1) is 16.8 Å². The predicted molar refractivity (Wildman–Crippen MR) is 127 cm³/mol. The highest BCUT2D eigenvalue weighted by atomic mass is 35.5. The number of Topliss-reactive ketones (excluding diaryl/α,β-unsaturated/α-hetero) is 1. The Hall–Kier alpha value is -2.94. The van der Waals surface area contributed by atoms with Crippen molar-refractivity contribution < 1.29 is 24.0 Å². The highest BCUT2D eigenvalue weighted by Crippen LogP contribution is 2.43. The molecular formula is C24H31ClN4O5. The van der Waals surface area contributed by atoms with Gasteiger partial charge in [0.1, 0.15) is 24.2 Å². The smallest absolute Gasteiger partial charge is 0.251 e. The molecule has 1 aromatic rings. The second-order valence-electron chi connectivity index (χ2n) is 9.51. The van der Waals surface area contributed by atoms with E-state index in [1.54, 1.807) is 4.90 Å². The Morgan fingerprint density at radius 1 is 1.21 bits per heavy atom. The van der Waals surface area contributed by atoms with Gasteiger partial charge in [0.25, 0.3) is 5.91 Å². The lowest BCUT2D eigenvalue weighted by molar-refractivity contribution is -0.145. The maximum absolute atomic E-state index is 13.7. The number of likely N-dealkylation sites (tertiary alicyclic amines) is 1. The Bertz CT molecular complexity index is 998. The number of fused-ring (bicyclic) bond motifs is 2. The summed E-state index contributed by atoms with van der Waals surface area (Å²) in [5, 5.41) is 5.65. The number of hydrogen-bond acceptors (Lipinski definition) is 6. The number of nitrogens with one attached hydrogen (secondary N) is 2. The second-order valence-corrected chi connectivity index (χ2v) is 9.91. The molecule has 10 heteroatoms. The number of carbonyl (C=O) groups excluding carboxylic acids is 5. The molecule has 2 aliphatic rings. The Kier molecular flexibility index (Phi) is 7.97. The fourth-order valence-corrected chi connectivity index (χ4v) is 5.10. The van der Waals surface area contributed by atoms with E-state index in [1.165, 1.54) is 25.1 Å². The molecule has 2 bridgehead atoms. The van der Waals surface area contributed by atoms with Crippen molar-refractivity contribution in [1.82, 2.24) is 15.5 Å². The van der Waals surface area contributed by atoms with E-state index in [4.69, 9.17) is 17.3 Å². The van der Waals surface area contributed by atoms with E-state index in [1.807, 2.05) is 13.8 Å². The lowest BCUT2D eigenvalue weighted by Gasteiger charge is -2.38. The van der Waals surface area contributed by atoms with Gasteiger partial charge in [0.15, 0.2) is 0 Å². The quantitative estimate of drug-likeness (QED) is 0.356. The van der Waals surface area contributed by atoms with E-state index >= 15 is 0 Å². The van der Waals surface area contributed by atoms with Crippen LogP contribution in [0.5, 0.6) is 0 Å². The zero-order valence-corrected chi connectivity index (χ0v) is 20.3. The van der Waals surface area contributed by atoms with Gasteiger partial charge in [-0.15, -0.1) is 0 Å². The summed E-state index contributed by atoms with van der Waals surface area (Å²) in [6.45, 7) is 4.98. The number of aldehydes is 1. The fraction of sp³-hybridized carbons (Fsp3) is 0.542. The lowest BCUT2D eigenvalue weighted by atomic mass is 9.95. The third kappa shape index (κ3) is 5.41. The van der Waals surface area contributed by atoms with Crippen LogP contribution in [0.2, 0.25) is 5.02 Å². The summed E-state index contributed by atoms with van der Waals surface area (Å²) in [6, 6.07) is 1.84. The molecule has 1 saturated heterocycles. The van der Waals surface area contributed by atoms with E-state index in [2.05, 4.69) is 10.6 Å². The number of halogens is 1. The van der Waals surface area contributed by atoms with E-state index < -0.39 is 29.9 Å². The first-order chi connectivity index (χ1) is 16.0. The highest BCUT2D eigenvalue weighted by molar-refractivity contribution is 6.33. The molecule has 3 amide bonds. The Labute approximate surface area is 203 Å². The average Bonchev–Trinajstić information content (AvgIpc) is 3.39. The van der Waals surface area contributed by atoms with Crippen LogP contribution in [0.25, 0.3) is 0 Å². The minimum atomic E-state index is -0.933. The number of nitrogens with zero attached hydrogens (tertiary/aromatic N) is 1. The standard InChI is InChI=1S/C24H31ClN4O5/c1-12(2)20(28-22(32)15-5-7-19(26)18(25)10-15)24(34)29-17-6-4-14(9-17)21(29)23(33)27-16(11-30)8-13(3)31/h5,7,10-12,14,16-17,20-21H,4,6,8-9,26H2,1-3H3,(H,27,33)(H,28,32)/t14-,16-,17-,20-,21-/m0/s1. The van der Waals surface area contributed by atoms with E-state index in [0.717, 1.165) is 12.8 Å². The molecule has 0 radical (unpaired) electrons. The number of nitrogen functional groups attached to an aromatic ring is 1. The van der Waals surface area contributed by atoms with Crippen LogP contribution in [0, 0.1) is 11.8 Å². The van der Waals surface area contributed by atoms with Crippen LogP contribution < -0.4 is 16.4 Å². The van der Waals surface area contributed by atoms with Gasteiger partial charge in [0, 0.05) is 18.0 Å². The normalized spacial score (nSPS) is 22.9. The molecule has 0 aromatic heterocycles. The molecule has 3 rings (SSSR count). The average molecular weight is 491 g/mol. The first-order valence-corrected chi connectivity index (χ1v) is 11.8. The van der Waals surface area contributed by atoms with Gasteiger partial charge in [-0.3, -0.25) is 19.2 Å². The highest BCUT2D eigenvalue weighted by Gasteiger charge is 2.52. The van der Waals surface area contributed by atoms with Crippen LogP contribution in [0.1, 0.15) is 56.8 Å². The van der Waals surface area contributed by atoms with Crippen molar-refractivity contribution in [2.45, 2.75) is 70.6 Å². The lowest BCUT2D eigenvalue weighted by Crippen LogP contribution is -2.60. The van der Waals surface area contributed by atoms with Gasteiger partial charge in [-0.05, 0) is 56.2 Å². The van der Waals surface area contributed by atoms with Crippen LogP contribution >= 0.6 is 11.6 Å². The topological polar surface area (TPSA) is 139 Å². The van der Waals surface area contributed by atoms with Crippen LogP contribution in [0.4, 0.5) is 5.69 Å². The summed E-state index contributed by atoms with van der Waals surface area (Å²) in [7, 11) is 0. The van der Waals surface area contributed by atoms with Gasteiger partial charge in [0.2, 0.25) is 11.8 Å². The first-order valence-electron chi connectivity index (χ1n) is 11.5. The third-order valence-corrected chi connectivity index (χ3v) is 6.92. The summed E-state index contributed by atoms with van der Waals surface area (Å²) >= 11 is 6.03. The zero-order chi connectivity index (χ0) is 25.2. The number of anilines is 1. The molecule has 34 heavy (non-hydrogen) atoms. The van der Waals surface area contributed by atoms with Gasteiger partial charge in [-0.2, -0.15) is 0 Å². The summed E-state index contributed by atoms with van der Waals surface area (Å²) in [5.74, 6) is -1.75. The molecule has 184 valence electrons. The first kappa shape index (κ1) is 25.7. The predicted octanol–water partition coefficient (Wildman–Crippen LogP) is 1.72. The van der Waals surface area contributed by atoms with Crippen LogP contribution in [0.3, 0.4) is 0 Å². The summed E-state index contributed by atoms with van der Waals surface area (Å²) < 4.78 is 0. The minimum absolute atomic E-state index is 0.0296. The maximum Gasteiger partial charge on any atom is 0.251 e. The zero-order valence-electron chi connectivity index (χ0n) is 19.5. The molecule has 5 atom stereocenters. The molecule has 1 aliphatic carbocycles. The summed E-state index contributed by atoms with van der Waals surface area (Å²) in [4.78, 5) is 64.0. The second kappa shape index (κ2) is 10.5. The molecule has 1 saturated carbocycles. The summed E-state index contributed by atoms with van der Waals surface area (Å²) in [6.07, 6.45) is 2.70.